The normalized spacial score (nSPS) is 11.9. The van der Waals surface area contributed by atoms with E-state index in [-0.39, 0.29) is 12.4 Å². The molecule has 3 N–H and O–H groups in total. The molecule has 0 radical (unpaired) electrons. The van der Waals surface area contributed by atoms with Gasteiger partial charge in [0.15, 0.2) is 5.82 Å². The van der Waals surface area contributed by atoms with E-state index < -0.39 is 18.0 Å². The number of aryl methyl sites for hydroxylation is 1. The maximum atomic E-state index is 11.2. The van der Waals surface area contributed by atoms with Crippen LogP contribution < -0.4 is 10.6 Å². The number of carbonyl (C=O) groups excluding carboxylic acids is 1. The summed E-state index contributed by atoms with van der Waals surface area (Å²) in [4.78, 5) is 25.5. The molecule has 0 aliphatic carbocycles. The molecule has 0 aliphatic heterocycles. The average Bonchev–Trinajstić information content (AvgIpc) is 2.61. The lowest BCUT2D eigenvalue weighted by Gasteiger charge is -2.08. The van der Waals surface area contributed by atoms with Gasteiger partial charge in [0.25, 0.3) is 0 Å². The van der Waals surface area contributed by atoms with Gasteiger partial charge in [0, 0.05) is 0 Å². The highest BCUT2D eigenvalue weighted by atomic mass is 16.5. The third kappa shape index (κ3) is 3.56. The van der Waals surface area contributed by atoms with Crippen molar-refractivity contribution in [1.29, 1.82) is 0 Å². The number of aromatic nitrogens is 2. The number of carbonyl (C=O) groups is 2. The number of urea groups is 1. The molecule has 8 nitrogen and oxygen atoms in total. The lowest BCUT2D eigenvalue weighted by Crippen LogP contribution is -2.44. The van der Waals surface area contributed by atoms with E-state index in [1.807, 2.05) is 0 Å². The molecule has 0 fully saturated rings. The SMILES string of the molecule is Cc1noc(CNC(=O)NC(C)C(=O)O)n1. The van der Waals surface area contributed by atoms with Gasteiger partial charge in [0.05, 0.1) is 6.54 Å². The molecule has 0 spiro atoms. The van der Waals surface area contributed by atoms with Crippen LogP contribution in [-0.2, 0) is 11.3 Å². The molecule has 0 aromatic carbocycles. The maximum Gasteiger partial charge on any atom is 0.325 e. The van der Waals surface area contributed by atoms with Gasteiger partial charge in [-0.05, 0) is 13.8 Å². The molecule has 16 heavy (non-hydrogen) atoms. The Bertz CT molecular complexity index is 389. The minimum Gasteiger partial charge on any atom is -0.480 e. The van der Waals surface area contributed by atoms with Crippen LogP contribution in [0.25, 0.3) is 0 Å². The number of aliphatic carboxylic acids is 1. The second kappa shape index (κ2) is 5.10. The van der Waals surface area contributed by atoms with Crippen LogP contribution in [0.5, 0.6) is 0 Å². The summed E-state index contributed by atoms with van der Waals surface area (Å²) in [6.45, 7) is 3.07. The number of amides is 2. The van der Waals surface area contributed by atoms with Gasteiger partial charge in [-0.15, -0.1) is 0 Å². The second-order valence-corrected chi connectivity index (χ2v) is 3.12. The Morgan fingerprint density at radius 3 is 2.75 bits per heavy atom. The summed E-state index contributed by atoms with van der Waals surface area (Å²) in [6.07, 6.45) is 0. The summed E-state index contributed by atoms with van der Waals surface area (Å²) in [6, 6.07) is -1.56. The molecular formula is C8H12N4O4. The van der Waals surface area contributed by atoms with E-state index in [0.717, 1.165) is 0 Å². The van der Waals surface area contributed by atoms with Gasteiger partial charge in [-0.1, -0.05) is 5.16 Å². The summed E-state index contributed by atoms with van der Waals surface area (Å²) in [5, 5.41) is 16.7. The molecule has 2 amide bonds. The number of hydrogen-bond donors (Lipinski definition) is 3. The van der Waals surface area contributed by atoms with Crippen LogP contribution in [0.2, 0.25) is 0 Å². The first-order chi connectivity index (χ1) is 7.49. The summed E-state index contributed by atoms with van der Waals surface area (Å²) >= 11 is 0. The van der Waals surface area contributed by atoms with Crippen molar-refractivity contribution < 1.29 is 19.2 Å². The third-order valence-corrected chi connectivity index (χ3v) is 1.69. The monoisotopic (exact) mass is 228 g/mol. The van der Waals surface area contributed by atoms with Crippen molar-refractivity contribution in [3.8, 4) is 0 Å². The van der Waals surface area contributed by atoms with Gasteiger partial charge >= 0.3 is 12.0 Å². The van der Waals surface area contributed by atoms with Crippen LogP contribution >= 0.6 is 0 Å². The third-order valence-electron chi connectivity index (χ3n) is 1.69. The number of nitrogens with one attached hydrogen (secondary N) is 2. The van der Waals surface area contributed by atoms with Gasteiger partial charge in [-0.2, -0.15) is 4.98 Å². The fraction of sp³-hybridized carbons (Fsp3) is 0.500. The average molecular weight is 228 g/mol. The Morgan fingerprint density at radius 2 is 2.25 bits per heavy atom. The Labute approximate surface area is 91.0 Å². The summed E-state index contributed by atoms with van der Waals surface area (Å²) in [5.41, 5.74) is 0. The highest BCUT2D eigenvalue weighted by molar-refractivity contribution is 5.81. The van der Waals surface area contributed by atoms with Crippen LogP contribution in [0.15, 0.2) is 4.52 Å². The number of carboxylic acid groups (broad SMARTS) is 1. The first-order valence-electron chi connectivity index (χ1n) is 4.55. The van der Waals surface area contributed by atoms with Crippen LogP contribution in [0.4, 0.5) is 4.79 Å². The standard InChI is InChI=1S/C8H12N4O4/c1-4(7(13)14)10-8(15)9-3-6-11-5(2)12-16-6/h4H,3H2,1-2H3,(H,13,14)(H2,9,10,15). The van der Waals surface area contributed by atoms with Crippen LogP contribution in [0.1, 0.15) is 18.6 Å². The van der Waals surface area contributed by atoms with Crippen molar-refractivity contribution >= 4 is 12.0 Å². The van der Waals surface area contributed by atoms with Crippen molar-refractivity contribution in [3.63, 3.8) is 0 Å². The molecule has 1 aromatic heterocycles. The summed E-state index contributed by atoms with van der Waals surface area (Å²) in [5.74, 6) is -0.379. The lowest BCUT2D eigenvalue weighted by molar-refractivity contribution is -0.138. The van der Waals surface area contributed by atoms with Crippen LogP contribution in [0, 0.1) is 6.92 Å². The van der Waals surface area contributed by atoms with Gasteiger partial charge in [0.2, 0.25) is 5.89 Å². The Balaban J connectivity index is 2.33. The lowest BCUT2D eigenvalue weighted by atomic mass is 10.3. The van der Waals surface area contributed by atoms with Crippen LogP contribution in [0.3, 0.4) is 0 Å². The van der Waals surface area contributed by atoms with E-state index in [0.29, 0.717) is 5.82 Å². The van der Waals surface area contributed by atoms with E-state index >= 15 is 0 Å². The minimum absolute atomic E-state index is 0.0546. The molecular weight excluding hydrogens is 216 g/mol. The van der Waals surface area contributed by atoms with E-state index in [4.69, 9.17) is 9.63 Å². The molecule has 1 atom stereocenters. The fourth-order valence-corrected chi connectivity index (χ4v) is 0.877. The quantitative estimate of drug-likeness (QED) is 0.648. The van der Waals surface area contributed by atoms with Crippen molar-refractivity contribution in [2.45, 2.75) is 26.4 Å². The molecule has 1 aromatic rings. The summed E-state index contributed by atoms with van der Waals surface area (Å²) in [7, 11) is 0. The Morgan fingerprint density at radius 1 is 1.56 bits per heavy atom. The van der Waals surface area contributed by atoms with Gasteiger partial charge in [-0.25, -0.2) is 4.79 Å². The van der Waals surface area contributed by atoms with Crippen LogP contribution in [-0.4, -0.2) is 33.3 Å². The van der Waals surface area contributed by atoms with E-state index in [1.54, 1.807) is 6.92 Å². The van der Waals surface area contributed by atoms with Gasteiger partial charge < -0.3 is 20.3 Å². The van der Waals surface area contributed by atoms with Crippen molar-refractivity contribution in [2.75, 3.05) is 0 Å². The zero-order chi connectivity index (χ0) is 12.1. The first kappa shape index (κ1) is 12.0. The molecule has 0 saturated heterocycles. The molecule has 0 aliphatic rings. The van der Waals surface area contributed by atoms with E-state index in [1.165, 1.54) is 6.92 Å². The smallest absolute Gasteiger partial charge is 0.325 e. The molecule has 1 heterocycles. The van der Waals surface area contributed by atoms with Crippen molar-refractivity contribution in [1.82, 2.24) is 20.8 Å². The molecule has 1 unspecified atom stereocenters. The highest BCUT2D eigenvalue weighted by Gasteiger charge is 2.13. The largest absolute Gasteiger partial charge is 0.480 e. The zero-order valence-electron chi connectivity index (χ0n) is 8.85. The minimum atomic E-state index is -1.11. The molecule has 1 rings (SSSR count). The number of nitrogens with zero attached hydrogens (tertiary/aromatic N) is 2. The summed E-state index contributed by atoms with van der Waals surface area (Å²) < 4.78 is 4.75. The number of carboxylic acids is 1. The number of rotatable bonds is 4. The van der Waals surface area contributed by atoms with E-state index in [9.17, 15) is 9.59 Å². The fourth-order valence-electron chi connectivity index (χ4n) is 0.877. The highest BCUT2D eigenvalue weighted by Crippen LogP contribution is 1.94. The predicted molar refractivity (Wildman–Crippen MR) is 51.5 cm³/mol. The van der Waals surface area contributed by atoms with Crippen molar-refractivity contribution in [3.05, 3.63) is 11.7 Å². The second-order valence-electron chi connectivity index (χ2n) is 3.12. The first-order valence-corrected chi connectivity index (χ1v) is 4.55. The van der Waals surface area contributed by atoms with Gasteiger partial charge in [-0.3, -0.25) is 4.79 Å². The Hall–Kier alpha value is -2.12. The predicted octanol–water partition coefficient (Wildman–Crippen LogP) is -0.350. The van der Waals surface area contributed by atoms with E-state index in [2.05, 4.69) is 20.8 Å². The zero-order valence-corrected chi connectivity index (χ0v) is 8.85. The topological polar surface area (TPSA) is 117 Å². The number of hydrogen-bond acceptors (Lipinski definition) is 5. The molecule has 88 valence electrons. The van der Waals surface area contributed by atoms with Crippen molar-refractivity contribution in [2.24, 2.45) is 0 Å². The Kier molecular flexibility index (Phi) is 3.81. The van der Waals surface area contributed by atoms with Gasteiger partial charge in [0.1, 0.15) is 6.04 Å². The molecule has 0 saturated carbocycles. The molecule has 0 bridgehead atoms. The maximum absolute atomic E-state index is 11.2. The molecule has 8 heteroatoms.